The van der Waals surface area contributed by atoms with Crippen molar-refractivity contribution in [1.29, 1.82) is 0 Å². The van der Waals surface area contributed by atoms with Crippen LogP contribution in [0.1, 0.15) is 21.5 Å². The molecular formula is C35H32N2O2. The number of carbonyl (C=O) groups is 1. The van der Waals surface area contributed by atoms with Crippen LogP contribution in [-0.4, -0.2) is 24.0 Å². The zero-order chi connectivity index (χ0) is 26.7. The van der Waals surface area contributed by atoms with E-state index in [1.807, 2.05) is 97.1 Å². The van der Waals surface area contributed by atoms with Gasteiger partial charge in [-0.2, -0.15) is 0 Å². The van der Waals surface area contributed by atoms with Crippen LogP contribution < -0.4 is 9.64 Å². The molecule has 0 fully saturated rings. The third kappa shape index (κ3) is 7.22. The number of anilines is 2. The summed E-state index contributed by atoms with van der Waals surface area (Å²) in [5.41, 5.74) is 4.80. The van der Waals surface area contributed by atoms with Crippen molar-refractivity contribution in [2.45, 2.75) is 13.1 Å². The van der Waals surface area contributed by atoms with E-state index in [0.29, 0.717) is 12.2 Å². The van der Waals surface area contributed by atoms with E-state index in [-0.39, 0.29) is 5.91 Å². The van der Waals surface area contributed by atoms with Gasteiger partial charge in [-0.15, -0.1) is 0 Å². The minimum Gasteiger partial charge on any atom is -0.492 e. The Kier molecular flexibility index (Phi) is 8.80. The van der Waals surface area contributed by atoms with E-state index in [4.69, 9.17) is 4.74 Å². The molecule has 0 spiro atoms. The first-order valence-corrected chi connectivity index (χ1v) is 13.2. The van der Waals surface area contributed by atoms with Crippen molar-refractivity contribution in [3.63, 3.8) is 0 Å². The summed E-state index contributed by atoms with van der Waals surface area (Å²) >= 11 is 0. The Morgan fingerprint density at radius 3 is 1.54 bits per heavy atom. The van der Waals surface area contributed by atoms with Crippen molar-refractivity contribution in [2.24, 2.45) is 0 Å². The highest BCUT2D eigenvalue weighted by Gasteiger charge is 2.19. The second-order valence-corrected chi connectivity index (χ2v) is 9.37. The quantitative estimate of drug-likeness (QED) is 0.181. The van der Waals surface area contributed by atoms with Gasteiger partial charge in [0.05, 0.1) is 0 Å². The predicted octanol–water partition coefficient (Wildman–Crippen LogP) is 7.75. The highest BCUT2D eigenvalue weighted by Crippen LogP contribution is 2.29. The summed E-state index contributed by atoms with van der Waals surface area (Å²) in [7, 11) is 0. The molecule has 194 valence electrons. The molecule has 0 bridgehead atoms. The topological polar surface area (TPSA) is 32.8 Å². The number of ether oxygens (including phenoxy) is 1. The van der Waals surface area contributed by atoms with Crippen LogP contribution >= 0.6 is 0 Å². The first kappa shape index (κ1) is 26.0. The van der Waals surface area contributed by atoms with Crippen LogP contribution in [0, 0.1) is 0 Å². The molecule has 39 heavy (non-hydrogen) atoms. The molecule has 0 unspecified atom stereocenters. The lowest BCUT2D eigenvalue weighted by atomic mass is 10.1. The smallest absolute Gasteiger partial charge is 0.262 e. The Labute approximate surface area is 230 Å². The van der Waals surface area contributed by atoms with Crippen molar-refractivity contribution < 1.29 is 9.53 Å². The number of para-hydroxylation sites is 1. The third-order valence-electron chi connectivity index (χ3n) is 6.51. The molecule has 0 atom stereocenters. The van der Waals surface area contributed by atoms with Gasteiger partial charge in [0.1, 0.15) is 12.4 Å². The molecular weight excluding hydrogens is 480 g/mol. The van der Waals surface area contributed by atoms with E-state index in [0.717, 1.165) is 36.8 Å². The molecule has 4 nitrogen and oxygen atoms in total. The van der Waals surface area contributed by atoms with Gasteiger partial charge in [-0.05, 0) is 59.7 Å². The van der Waals surface area contributed by atoms with Gasteiger partial charge >= 0.3 is 0 Å². The van der Waals surface area contributed by atoms with Crippen molar-refractivity contribution >= 4 is 17.3 Å². The molecule has 5 aromatic carbocycles. The Morgan fingerprint density at radius 1 is 0.538 bits per heavy atom. The normalized spacial score (nSPS) is 10.8. The van der Waals surface area contributed by atoms with E-state index < -0.39 is 0 Å². The van der Waals surface area contributed by atoms with Gasteiger partial charge in [-0.25, -0.2) is 0 Å². The standard InChI is InChI=1S/C35H32N2O2/c38-35(31-17-9-3-10-18-31)37(32-19-11-4-12-20-32)33-21-23-34(24-22-33)39-26-25-36(27-29-13-5-1-6-14-29)28-30-15-7-2-8-16-30/h1-24H,25-28H2. The molecule has 0 aliphatic heterocycles. The first-order valence-electron chi connectivity index (χ1n) is 13.2. The zero-order valence-electron chi connectivity index (χ0n) is 21.9. The summed E-state index contributed by atoms with van der Waals surface area (Å²) < 4.78 is 6.15. The molecule has 0 saturated carbocycles. The molecule has 0 aliphatic carbocycles. The summed E-state index contributed by atoms with van der Waals surface area (Å²) in [5, 5.41) is 0. The summed E-state index contributed by atoms with van der Waals surface area (Å²) in [6, 6.07) is 47.9. The molecule has 4 heteroatoms. The van der Waals surface area contributed by atoms with Crippen LogP contribution in [0.2, 0.25) is 0 Å². The van der Waals surface area contributed by atoms with E-state index in [1.165, 1.54) is 11.1 Å². The average Bonchev–Trinajstić information content (AvgIpc) is 3.00. The molecule has 1 amide bonds. The maximum absolute atomic E-state index is 13.5. The Bertz CT molecular complexity index is 1380. The van der Waals surface area contributed by atoms with Crippen LogP contribution in [0.15, 0.2) is 146 Å². The lowest BCUT2D eigenvalue weighted by Crippen LogP contribution is -2.28. The van der Waals surface area contributed by atoms with Gasteiger partial charge in [0, 0.05) is 36.6 Å². The molecule has 5 rings (SSSR count). The second-order valence-electron chi connectivity index (χ2n) is 9.37. The monoisotopic (exact) mass is 512 g/mol. The fraction of sp³-hybridized carbons (Fsp3) is 0.114. The van der Waals surface area contributed by atoms with Crippen molar-refractivity contribution in [2.75, 3.05) is 18.1 Å². The van der Waals surface area contributed by atoms with Gasteiger partial charge in [0.2, 0.25) is 0 Å². The number of nitrogens with zero attached hydrogens (tertiary/aromatic N) is 2. The molecule has 0 saturated heterocycles. The van der Waals surface area contributed by atoms with Crippen LogP contribution in [0.25, 0.3) is 0 Å². The summed E-state index contributed by atoms with van der Waals surface area (Å²) in [6.07, 6.45) is 0. The van der Waals surface area contributed by atoms with Crippen LogP contribution in [0.4, 0.5) is 11.4 Å². The van der Waals surface area contributed by atoms with E-state index in [1.54, 1.807) is 4.90 Å². The molecule has 0 radical (unpaired) electrons. The van der Waals surface area contributed by atoms with Gasteiger partial charge in [-0.1, -0.05) is 97.1 Å². The number of rotatable bonds is 11. The minimum absolute atomic E-state index is 0.0760. The number of benzene rings is 5. The number of amides is 1. The van der Waals surface area contributed by atoms with Crippen LogP contribution in [-0.2, 0) is 13.1 Å². The Hall–Kier alpha value is -4.67. The average molecular weight is 513 g/mol. The maximum atomic E-state index is 13.5. The SMILES string of the molecule is O=C(c1ccccc1)N(c1ccccc1)c1ccc(OCCN(Cc2ccccc2)Cc2ccccc2)cc1. The fourth-order valence-corrected chi connectivity index (χ4v) is 4.55. The summed E-state index contributed by atoms with van der Waals surface area (Å²) in [5.74, 6) is 0.700. The van der Waals surface area contributed by atoms with E-state index >= 15 is 0 Å². The molecule has 5 aromatic rings. The summed E-state index contributed by atoms with van der Waals surface area (Å²) in [6.45, 7) is 3.05. The Morgan fingerprint density at radius 2 is 1.00 bits per heavy atom. The van der Waals surface area contributed by atoms with Crippen LogP contribution in [0.3, 0.4) is 0 Å². The van der Waals surface area contributed by atoms with E-state index in [9.17, 15) is 4.79 Å². The predicted molar refractivity (Wildman–Crippen MR) is 158 cm³/mol. The molecule has 0 N–H and O–H groups in total. The third-order valence-corrected chi connectivity index (χ3v) is 6.51. The fourth-order valence-electron chi connectivity index (χ4n) is 4.55. The van der Waals surface area contributed by atoms with Gasteiger partial charge in [-0.3, -0.25) is 14.6 Å². The first-order chi connectivity index (χ1) is 19.3. The number of hydrogen-bond donors (Lipinski definition) is 0. The zero-order valence-corrected chi connectivity index (χ0v) is 21.9. The molecule has 0 heterocycles. The molecule has 0 aromatic heterocycles. The van der Waals surface area contributed by atoms with Gasteiger partial charge in [0.15, 0.2) is 0 Å². The summed E-state index contributed by atoms with van der Waals surface area (Å²) in [4.78, 5) is 17.6. The molecule has 0 aliphatic rings. The van der Waals surface area contributed by atoms with Crippen molar-refractivity contribution in [3.05, 3.63) is 162 Å². The van der Waals surface area contributed by atoms with Gasteiger partial charge < -0.3 is 4.74 Å². The van der Waals surface area contributed by atoms with Crippen molar-refractivity contribution in [3.8, 4) is 5.75 Å². The minimum atomic E-state index is -0.0760. The largest absolute Gasteiger partial charge is 0.492 e. The number of carbonyl (C=O) groups excluding carboxylic acids is 1. The van der Waals surface area contributed by atoms with E-state index in [2.05, 4.69) is 53.4 Å². The van der Waals surface area contributed by atoms with Gasteiger partial charge in [0.25, 0.3) is 5.91 Å². The second kappa shape index (κ2) is 13.2. The lowest BCUT2D eigenvalue weighted by molar-refractivity contribution is 0.0999. The highest BCUT2D eigenvalue weighted by molar-refractivity contribution is 6.10. The Balaban J connectivity index is 1.26. The maximum Gasteiger partial charge on any atom is 0.262 e. The highest BCUT2D eigenvalue weighted by atomic mass is 16.5. The number of hydrogen-bond acceptors (Lipinski definition) is 3. The lowest BCUT2D eigenvalue weighted by Gasteiger charge is -2.24. The van der Waals surface area contributed by atoms with Crippen molar-refractivity contribution in [1.82, 2.24) is 4.90 Å². The van der Waals surface area contributed by atoms with Crippen LogP contribution in [0.5, 0.6) is 5.75 Å².